The Bertz CT molecular complexity index is 1290. The van der Waals surface area contributed by atoms with Gasteiger partial charge >= 0.3 is 0 Å². The van der Waals surface area contributed by atoms with Crippen LogP contribution in [0.15, 0.2) is 73.3 Å². The molecule has 0 atom stereocenters. The summed E-state index contributed by atoms with van der Waals surface area (Å²) in [6.07, 6.45) is 8.20. The van der Waals surface area contributed by atoms with Gasteiger partial charge in [-0.2, -0.15) is 4.57 Å². The molecule has 0 spiro atoms. The van der Waals surface area contributed by atoms with Crippen molar-refractivity contribution in [2.24, 2.45) is 7.05 Å². The number of imidazole rings is 2. The largest absolute Gasteiger partial charge is 0.306 e. The van der Waals surface area contributed by atoms with Crippen LogP contribution < -0.4 is 4.57 Å². The average molecular weight is 353 g/mol. The Morgan fingerprint density at radius 2 is 1.78 bits per heavy atom. The summed E-state index contributed by atoms with van der Waals surface area (Å²) in [7, 11) is 2.14. The third-order valence-electron chi connectivity index (χ3n) is 5.39. The maximum absolute atomic E-state index is 4.49. The van der Waals surface area contributed by atoms with Crippen molar-refractivity contribution >= 4 is 16.4 Å². The molecule has 0 saturated heterocycles. The minimum Gasteiger partial charge on any atom is -0.306 e. The van der Waals surface area contributed by atoms with Crippen LogP contribution in [0.3, 0.4) is 0 Å². The third-order valence-corrected chi connectivity index (χ3v) is 5.39. The number of benzene rings is 2. The van der Waals surface area contributed by atoms with Crippen molar-refractivity contribution in [1.82, 2.24) is 14.0 Å². The lowest BCUT2D eigenvalue weighted by Crippen LogP contribution is -2.32. The van der Waals surface area contributed by atoms with Crippen LogP contribution in [-0.4, -0.2) is 14.0 Å². The van der Waals surface area contributed by atoms with Gasteiger partial charge in [-0.3, -0.25) is 0 Å². The second-order valence-corrected chi connectivity index (χ2v) is 7.09. The predicted molar refractivity (Wildman–Crippen MR) is 108 cm³/mol. The highest BCUT2D eigenvalue weighted by Gasteiger charge is 2.25. The number of nitrogens with zero attached hydrogens (tertiary/aromatic N) is 4. The summed E-state index contributed by atoms with van der Waals surface area (Å²) in [4.78, 5) is 4.49. The molecule has 4 heteroatoms. The summed E-state index contributed by atoms with van der Waals surface area (Å²) in [6.45, 7) is 4.33. The fourth-order valence-corrected chi connectivity index (χ4v) is 3.87. The molecule has 4 nitrogen and oxygen atoms in total. The molecular weight excluding hydrogens is 332 g/mol. The summed E-state index contributed by atoms with van der Waals surface area (Å²) < 4.78 is 6.63. The first-order chi connectivity index (χ1) is 13.1. The molecule has 3 aromatic heterocycles. The van der Waals surface area contributed by atoms with E-state index in [1.54, 1.807) is 0 Å². The topological polar surface area (TPSA) is 26.1 Å². The smallest absolute Gasteiger partial charge is 0.294 e. The van der Waals surface area contributed by atoms with Crippen LogP contribution in [-0.2, 0) is 7.05 Å². The molecule has 0 aliphatic rings. The second kappa shape index (κ2) is 5.81. The highest BCUT2D eigenvalue weighted by atomic mass is 15.2. The van der Waals surface area contributed by atoms with Crippen LogP contribution >= 0.6 is 0 Å². The first-order valence-electron chi connectivity index (χ1n) is 9.13. The summed E-state index contributed by atoms with van der Waals surface area (Å²) in [5, 5.41) is 2.43. The number of hydrogen-bond acceptors (Lipinski definition) is 1. The predicted octanol–water partition coefficient (Wildman–Crippen LogP) is 4.39. The maximum Gasteiger partial charge on any atom is 0.294 e. The van der Waals surface area contributed by atoms with Gasteiger partial charge in [0.1, 0.15) is 23.2 Å². The zero-order valence-electron chi connectivity index (χ0n) is 15.7. The van der Waals surface area contributed by atoms with Gasteiger partial charge in [0.15, 0.2) is 0 Å². The van der Waals surface area contributed by atoms with E-state index >= 15 is 0 Å². The number of fused-ring (bicyclic) bond motifs is 2. The number of para-hydroxylation sites is 1. The van der Waals surface area contributed by atoms with Crippen molar-refractivity contribution in [3.05, 3.63) is 84.6 Å². The maximum atomic E-state index is 4.49. The molecule has 0 unspecified atom stereocenters. The monoisotopic (exact) mass is 353 g/mol. The van der Waals surface area contributed by atoms with Gasteiger partial charge in [-0.25, -0.2) is 9.55 Å². The van der Waals surface area contributed by atoms with Gasteiger partial charge in [-0.05, 0) is 36.1 Å². The van der Waals surface area contributed by atoms with Crippen molar-refractivity contribution in [2.75, 3.05) is 0 Å². The molecule has 27 heavy (non-hydrogen) atoms. The van der Waals surface area contributed by atoms with Gasteiger partial charge in [0, 0.05) is 30.9 Å². The van der Waals surface area contributed by atoms with Crippen LogP contribution in [0.25, 0.3) is 33.5 Å². The Hall–Kier alpha value is -3.40. The summed E-state index contributed by atoms with van der Waals surface area (Å²) >= 11 is 0. The van der Waals surface area contributed by atoms with E-state index in [-0.39, 0.29) is 0 Å². The second-order valence-electron chi connectivity index (χ2n) is 7.09. The van der Waals surface area contributed by atoms with Crippen molar-refractivity contribution in [3.8, 4) is 17.1 Å². The number of pyridine rings is 1. The molecule has 5 rings (SSSR count). The number of aryl methyl sites for hydroxylation is 2. The Balaban J connectivity index is 1.90. The molecule has 0 N–H and O–H groups in total. The minimum absolute atomic E-state index is 0.964. The van der Waals surface area contributed by atoms with Gasteiger partial charge in [-0.1, -0.05) is 30.3 Å². The molecule has 0 radical (unpaired) electrons. The van der Waals surface area contributed by atoms with E-state index in [4.69, 9.17) is 0 Å². The van der Waals surface area contributed by atoms with Crippen LogP contribution in [0.4, 0.5) is 0 Å². The highest BCUT2D eigenvalue weighted by Crippen LogP contribution is 2.32. The Morgan fingerprint density at radius 3 is 2.59 bits per heavy atom. The molecule has 132 valence electrons. The number of aromatic nitrogens is 4. The quantitative estimate of drug-likeness (QED) is 0.432. The van der Waals surface area contributed by atoms with Crippen molar-refractivity contribution in [2.45, 2.75) is 13.8 Å². The lowest BCUT2D eigenvalue weighted by Gasteiger charge is -2.10. The van der Waals surface area contributed by atoms with Crippen LogP contribution in [0.1, 0.15) is 11.3 Å². The fourth-order valence-electron chi connectivity index (χ4n) is 3.87. The van der Waals surface area contributed by atoms with E-state index in [1.165, 1.54) is 33.4 Å². The molecule has 5 aromatic rings. The van der Waals surface area contributed by atoms with Crippen LogP contribution in [0.5, 0.6) is 0 Å². The molecule has 0 bridgehead atoms. The van der Waals surface area contributed by atoms with E-state index < -0.39 is 0 Å². The molecule has 0 aliphatic carbocycles. The van der Waals surface area contributed by atoms with Crippen LogP contribution in [0, 0.1) is 13.8 Å². The van der Waals surface area contributed by atoms with Gasteiger partial charge in [0.25, 0.3) is 5.82 Å². The number of hydrogen-bond donors (Lipinski definition) is 0. The summed E-state index contributed by atoms with van der Waals surface area (Å²) in [6, 6.07) is 17.1. The molecule has 0 aliphatic heterocycles. The molecule has 3 heterocycles. The van der Waals surface area contributed by atoms with E-state index in [0.29, 0.717) is 0 Å². The standard InChI is InChI=1S/C23H21N4/c1-16-9-10-18-15-26-12-11-24-21(26)13-20(18)22(16)23-25(3)17(2)14-27(23)19-7-5-4-6-8-19/h4-15H,1-3H3/q+1. The van der Waals surface area contributed by atoms with Gasteiger partial charge in [-0.15, -0.1) is 0 Å². The SMILES string of the molecule is Cc1ccc2cn3ccnc3cc2c1-c1n(-c2ccccc2)cc(C)[n+]1C. The van der Waals surface area contributed by atoms with E-state index in [9.17, 15) is 0 Å². The molecule has 0 amide bonds. The van der Waals surface area contributed by atoms with E-state index in [0.717, 1.165) is 11.3 Å². The normalized spacial score (nSPS) is 11.5. The molecule has 2 aromatic carbocycles. The Labute approximate surface area is 158 Å². The van der Waals surface area contributed by atoms with Gasteiger partial charge in [0.2, 0.25) is 0 Å². The molecular formula is C23H21N4+. The Kier molecular flexibility index (Phi) is 3.41. The molecule has 0 fully saturated rings. The van der Waals surface area contributed by atoms with Crippen molar-refractivity contribution in [1.29, 1.82) is 0 Å². The highest BCUT2D eigenvalue weighted by molar-refractivity contribution is 5.98. The van der Waals surface area contributed by atoms with Crippen molar-refractivity contribution in [3.63, 3.8) is 0 Å². The Morgan fingerprint density at radius 1 is 0.963 bits per heavy atom. The van der Waals surface area contributed by atoms with E-state index in [2.05, 4.69) is 100 Å². The van der Waals surface area contributed by atoms with Crippen molar-refractivity contribution < 1.29 is 4.57 Å². The fraction of sp³-hybridized carbons (Fsp3) is 0.130. The summed E-state index contributed by atoms with van der Waals surface area (Å²) in [5.41, 5.74) is 5.84. The zero-order valence-corrected chi connectivity index (χ0v) is 15.7. The van der Waals surface area contributed by atoms with E-state index in [1.807, 2.05) is 12.4 Å². The average Bonchev–Trinajstić information content (AvgIpc) is 3.26. The zero-order chi connectivity index (χ0) is 18.5. The molecule has 0 saturated carbocycles. The lowest BCUT2D eigenvalue weighted by molar-refractivity contribution is -0.665. The first-order valence-corrected chi connectivity index (χ1v) is 9.13. The third kappa shape index (κ3) is 2.37. The minimum atomic E-state index is 0.964. The van der Waals surface area contributed by atoms with Gasteiger partial charge in [0.05, 0.1) is 12.6 Å². The van der Waals surface area contributed by atoms with Crippen LogP contribution in [0.2, 0.25) is 0 Å². The van der Waals surface area contributed by atoms with Gasteiger partial charge < -0.3 is 4.40 Å². The lowest BCUT2D eigenvalue weighted by atomic mass is 10.00. The first kappa shape index (κ1) is 15.8. The number of rotatable bonds is 2. The summed E-state index contributed by atoms with van der Waals surface area (Å²) in [5.74, 6) is 1.18.